The van der Waals surface area contributed by atoms with Crippen molar-refractivity contribution in [2.75, 3.05) is 54.1 Å². The molecular formula is C29H41FN8O2. The lowest BCUT2D eigenvalue weighted by atomic mass is 9.80. The Morgan fingerprint density at radius 3 is 2.58 bits per heavy atom. The number of carbonyl (C=O) groups excluding carboxylic acids is 1. The number of pyridine rings is 1. The van der Waals surface area contributed by atoms with Crippen LogP contribution in [0.4, 0.5) is 27.4 Å². The number of fused-ring (bicyclic) bond motifs is 3. The summed E-state index contributed by atoms with van der Waals surface area (Å²) in [5.74, 6) is 0.324. The number of anilines is 4. The second-order valence-electron chi connectivity index (χ2n) is 12.3. The van der Waals surface area contributed by atoms with Gasteiger partial charge in [0.05, 0.1) is 42.4 Å². The highest BCUT2D eigenvalue weighted by molar-refractivity contribution is 6.12. The number of hydrogen-bond acceptors (Lipinski definition) is 8. The molecule has 0 radical (unpaired) electrons. The highest BCUT2D eigenvalue weighted by Crippen LogP contribution is 2.45. The van der Waals surface area contributed by atoms with Crippen molar-refractivity contribution < 1.29 is 13.9 Å². The lowest BCUT2D eigenvalue weighted by molar-refractivity contribution is -0.0701. The molecule has 2 aromatic rings. The number of ether oxygens (including phenoxy) is 1. The first-order valence-electron chi connectivity index (χ1n) is 15.2. The molecule has 2 saturated carbocycles. The van der Waals surface area contributed by atoms with Gasteiger partial charge in [-0.3, -0.25) is 14.7 Å². The lowest BCUT2D eigenvalue weighted by Crippen LogP contribution is -2.56. The van der Waals surface area contributed by atoms with Crippen molar-refractivity contribution in [2.45, 2.75) is 94.0 Å². The molecule has 5 aliphatic rings. The van der Waals surface area contributed by atoms with Gasteiger partial charge < -0.3 is 26.0 Å². The number of nitrogens with zero attached hydrogens (tertiary/aromatic N) is 5. The number of nitrogens with one attached hydrogen (secondary N) is 2. The summed E-state index contributed by atoms with van der Waals surface area (Å²) in [6.45, 7) is 3.68. The summed E-state index contributed by atoms with van der Waals surface area (Å²) in [4.78, 5) is 23.1. The summed E-state index contributed by atoms with van der Waals surface area (Å²) in [5, 5.41) is 10.9. The quantitative estimate of drug-likeness (QED) is 0.526. The van der Waals surface area contributed by atoms with E-state index in [0.29, 0.717) is 42.5 Å². The normalized spacial score (nSPS) is 28.6. The van der Waals surface area contributed by atoms with Crippen LogP contribution in [0.5, 0.6) is 0 Å². The Morgan fingerprint density at radius 1 is 1.10 bits per heavy atom. The highest BCUT2D eigenvalue weighted by Gasteiger charge is 2.52. The van der Waals surface area contributed by atoms with E-state index in [9.17, 15) is 4.79 Å². The molecule has 1 spiro atoms. The minimum Gasteiger partial charge on any atom is -0.381 e. The van der Waals surface area contributed by atoms with Crippen LogP contribution in [-0.2, 0) is 10.3 Å². The van der Waals surface area contributed by atoms with Crippen molar-refractivity contribution in [3.8, 4) is 0 Å². The molecule has 4 N–H and O–H groups in total. The molecule has 216 valence electrons. The fraction of sp³-hybridized carbons (Fsp3) is 0.690. The molecule has 0 aromatic carbocycles. The minimum absolute atomic E-state index is 0.134. The summed E-state index contributed by atoms with van der Waals surface area (Å²) in [5.41, 5.74) is 7.56. The highest BCUT2D eigenvalue weighted by atomic mass is 19.1. The minimum atomic E-state index is -1.09. The van der Waals surface area contributed by atoms with E-state index in [0.717, 1.165) is 64.1 Å². The Balaban J connectivity index is 1.14. The van der Waals surface area contributed by atoms with Gasteiger partial charge in [-0.05, 0) is 25.3 Å². The second kappa shape index (κ2) is 10.5. The number of nitrogens with two attached hydrogens (primary N) is 1. The maximum atomic E-state index is 15.8. The molecule has 1 amide bonds. The standard InChI is InChI=1S/C29H41FN8O2/c30-24-16-33-27-25(26(31)35-38(27)29(24)9-6-4-2-1-3-5-7-10-29)28(39)34-20-15-32-11-8-21(20)37-13-12-36(19-17-40-18-19)22-14-23(22)37/h8,11,15,19,22-24,33H,1-7,9-10,12-14,16-18H2,(H2,31,35)(H,34,39). The summed E-state index contributed by atoms with van der Waals surface area (Å²) < 4.78 is 22.9. The third-order valence-electron chi connectivity index (χ3n) is 9.91. The van der Waals surface area contributed by atoms with Gasteiger partial charge >= 0.3 is 0 Å². The van der Waals surface area contributed by atoms with Crippen LogP contribution in [0.15, 0.2) is 18.5 Å². The predicted octanol–water partition coefficient (Wildman–Crippen LogP) is 3.76. The molecule has 40 heavy (non-hydrogen) atoms. The van der Waals surface area contributed by atoms with Gasteiger partial charge in [-0.1, -0.05) is 44.9 Å². The Labute approximate surface area is 234 Å². The summed E-state index contributed by atoms with van der Waals surface area (Å²) in [6.07, 6.45) is 12.6. The van der Waals surface area contributed by atoms with Crippen LogP contribution in [-0.4, -0.2) is 82.7 Å². The number of halogens is 1. The molecule has 3 atom stereocenters. The van der Waals surface area contributed by atoms with Crippen LogP contribution in [0.2, 0.25) is 0 Å². The Hall–Kier alpha value is -2.92. The molecule has 3 unspecified atom stereocenters. The van der Waals surface area contributed by atoms with Gasteiger partial charge in [0, 0.05) is 37.9 Å². The van der Waals surface area contributed by atoms with E-state index in [4.69, 9.17) is 10.5 Å². The number of carbonyl (C=O) groups is 1. The fourth-order valence-corrected chi connectivity index (χ4v) is 7.55. The topological polar surface area (TPSA) is 114 Å². The molecule has 4 fully saturated rings. The van der Waals surface area contributed by atoms with Gasteiger partial charge in [-0.25, -0.2) is 9.07 Å². The van der Waals surface area contributed by atoms with E-state index in [1.807, 2.05) is 6.07 Å². The fourth-order valence-electron chi connectivity index (χ4n) is 7.55. The first-order chi connectivity index (χ1) is 19.6. The molecule has 2 aromatic heterocycles. The smallest absolute Gasteiger partial charge is 0.263 e. The molecule has 2 aliphatic carbocycles. The van der Waals surface area contributed by atoms with Gasteiger partial charge in [0.25, 0.3) is 5.91 Å². The average molecular weight is 553 g/mol. The van der Waals surface area contributed by atoms with Gasteiger partial charge in [-0.2, -0.15) is 5.10 Å². The second-order valence-corrected chi connectivity index (χ2v) is 12.3. The first-order valence-corrected chi connectivity index (χ1v) is 15.2. The van der Waals surface area contributed by atoms with Crippen LogP contribution in [0.1, 0.15) is 74.6 Å². The number of hydrogen-bond donors (Lipinski definition) is 3. The van der Waals surface area contributed by atoms with Crippen LogP contribution < -0.4 is 21.3 Å². The monoisotopic (exact) mass is 552 g/mol. The molecule has 11 heteroatoms. The predicted molar refractivity (Wildman–Crippen MR) is 153 cm³/mol. The van der Waals surface area contributed by atoms with Crippen LogP contribution in [0.25, 0.3) is 0 Å². The molecule has 5 heterocycles. The van der Waals surface area contributed by atoms with Gasteiger partial charge in [0.15, 0.2) is 5.82 Å². The third kappa shape index (κ3) is 4.41. The molecule has 10 nitrogen and oxygen atoms in total. The number of piperazine rings is 1. The first kappa shape index (κ1) is 26.0. The molecule has 0 bridgehead atoms. The number of alkyl halides is 1. The SMILES string of the molecule is Nc1nn2c(c1C(=O)Nc1cnccc1N1CCN(C3COC3)C3CC31)NCC(F)C21CCCCCCCCC1. The Morgan fingerprint density at radius 2 is 1.85 bits per heavy atom. The third-order valence-corrected chi connectivity index (χ3v) is 9.91. The van der Waals surface area contributed by atoms with Crippen molar-refractivity contribution in [1.82, 2.24) is 19.7 Å². The lowest BCUT2D eigenvalue weighted by Gasteiger charge is -2.43. The summed E-state index contributed by atoms with van der Waals surface area (Å²) in [6, 6.07) is 3.47. The molecule has 3 aliphatic heterocycles. The Kier molecular flexibility index (Phi) is 6.82. The zero-order chi connectivity index (χ0) is 27.3. The van der Waals surface area contributed by atoms with Crippen LogP contribution in [0.3, 0.4) is 0 Å². The van der Waals surface area contributed by atoms with Crippen LogP contribution >= 0.6 is 0 Å². The van der Waals surface area contributed by atoms with E-state index in [1.54, 1.807) is 17.1 Å². The van der Waals surface area contributed by atoms with E-state index < -0.39 is 11.7 Å². The van der Waals surface area contributed by atoms with Crippen LogP contribution in [0, 0.1) is 0 Å². The van der Waals surface area contributed by atoms with Gasteiger partial charge in [0.2, 0.25) is 0 Å². The summed E-state index contributed by atoms with van der Waals surface area (Å²) in [7, 11) is 0. The van der Waals surface area contributed by atoms with Gasteiger partial charge in [0.1, 0.15) is 17.6 Å². The zero-order valence-corrected chi connectivity index (χ0v) is 23.2. The van der Waals surface area contributed by atoms with Gasteiger partial charge in [-0.15, -0.1) is 0 Å². The maximum absolute atomic E-state index is 15.8. The molecule has 7 rings (SSSR count). The molecular weight excluding hydrogens is 511 g/mol. The maximum Gasteiger partial charge on any atom is 0.263 e. The van der Waals surface area contributed by atoms with E-state index in [1.165, 1.54) is 19.3 Å². The van der Waals surface area contributed by atoms with Crippen molar-refractivity contribution in [3.63, 3.8) is 0 Å². The summed E-state index contributed by atoms with van der Waals surface area (Å²) >= 11 is 0. The zero-order valence-electron chi connectivity index (χ0n) is 23.2. The van der Waals surface area contributed by atoms with Crippen molar-refractivity contribution in [2.24, 2.45) is 0 Å². The van der Waals surface area contributed by atoms with E-state index in [2.05, 4.69) is 30.5 Å². The van der Waals surface area contributed by atoms with E-state index in [-0.39, 0.29) is 23.8 Å². The van der Waals surface area contributed by atoms with Crippen molar-refractivity contribution >= 4 is 28.9 Å². The van der Waals surface area contributed by atoms with Crippen molar-refractivity contribution in [3.05, 3.63) is 24.0 Å². The number of nitrogen functional groups attached to an aromatic ring is 1. The largest absolute Gasteiger partial charge is 0.381 e. The number of amides is 1. The number of rotatable bonds is 4. The van der Waals surface area contributed by atoms with Crippen molar-refractivity contribution in [1.29, 1.82) is 0 Å². The Bertz CT molecular complexity index is 1240. The molecule has 2 saturated heterocycles. The van der Waals surface area contributed by atoms with E-state index >= 15 is 4.39 Å². The average Bonchev–Trinajstić information content (AvgIpc) is 3.66. The number of aromatic nitrogens is 3.